The van der Waals surface area contributed by atoms with Gasteiger partial charge in [0.15, 0.2) is 0 Å². The molecule has 0 heterocycles. The maximum Gasteiger partial charge on any atom is 0.00529 e. The lowest BCUT2D eigenvalue weighted by molar-refractivity contribution is 0.0643. The highest BCUT2D eigenvalue weighted by molar-refractivity contribution is 4.90. The molecule has 1 fully saturated rings. The van der Waals surface area contributed by atoms with E-state index in [-0.39, 0.29) is 0 Å². The van der Waals surface area contributed by atoms with Crippen molar-refractivity contribution in [2.75, 3.05) is 26.2 Å². The Kier molecular flexibility index (Phi) is 8.26. The van der Waals surface area contributed by atoms with Gasteiger partial charge in [0.25, 0.3) is 0 Å². The summed E-state index contributed by atoms with van der Waals surface area (Å²) in [5.74, 6) is 1.65. The van der Waals surface area contributed by atoms with Crippen molar-refractivity contribution in [2.24, 2.45) is 17.3 Å². The Morgan fingerprint density at radius 2 is 1.95 bits per heavy atom. The maximum absolute atomic E-state index is 3.78. The summed E-state index contributed by atoms with van der Waals surface area (Å²) in [6.45, 7) is 19.0. The second-order valence-corrected chi connectivity index (χ2v) is 8.29. The zero-order valence-corrected chi connectivity index (χ0v) is 15.5. The van der Waals surface area contributed by atoms with E-state index in [1.54, 1.807) is 0 Å². The molecule has 0 amide bonds. The van der Waals surface area contributed by atoms with Crippen LogP contribution in [0.4, 0.5) is 0 Å². The molecule has 1 rings (SSSR count). The van der Waals surface area contributed by atoms with Crippen molar-refractivity contribution in [3.8, 4) is 0 Å². The van der Waals surface area contributed by atoms with Gasteiger partial charge in [0.2, 0.25) is 0 Å². The first-order valence-corrected chi connectivity index (χ1v) is 9.33. The zero-order valence-electron chi connectivity index (χ0n) is 15.5. The molecule has 2 heteroatoms. The van der Waals surface area contributed by atoms with E-state index in [2.05, 4.69) is 51.8 Å². The number of rotatable bonds is 9. The Bertz CT molecular complexity index is 275. The summed E-state index contributed by atoms with van der Waals surface area (Å²) >= 11 is 0. The van der Waals surface area contributed by atoms with Gasteiger partial charge in [-0.05, 0) is 63.5 Å². The van der Waals surface area contributed by atoms with E-state index >= 15 is 0 Å². The lowest BCUT2D eigenvalue weighted by Gasteiger charge is -2.45. The van der Waals surface area contributed by atoms with Crippen molar-refractivity contribution in [3.63, 3.8) is 0 Å². The molecule has 0 bridgehead atoms. The molecular formula is C19H40N2. The quantitative estimate of drug-likeness (QED) is 0.671. The highest BCUT2D eigenvalue weighted by Gasteiger charge is 2.36. The fourth-order valence-electron chi connectivity index (χ4n) is 3.99. The van der Waals surface area contributed by atoms with Crippen LogP contribution in [0.1, 0.15) is 73.6 Å². The van der Waals surface area contributed by atoms with E-state index in [0.29, 0.717) is 11.5 Å². The molecule has 1 aliphatic rings. The van der Waals surface area contributed by atoms with Crippen molar-refractivity contribution in [3.05, 3.63) is 0 Å². The molecule has 0 aromatic rings. The molecule has 126 valence electrons. The van der Waals surface area contributed by atoms with E-state index in [4.69, 9.17) is 0 Å². The number of hydrogen-bond donors (Lipinski definition) is 1. The lowest BCUT2D eigenvalue weighted by atomic mass is 9.69. The minimum absolute atomic E-state index is 0.506. The first kappa shape index (κ1) is 19.0. The fraction of sp³-hybridized carbons (Fsp3) is 1.00. The summed E-state index contributed by atoms with van der Waals surface area (Å²) in [4.78, 5) is 2.72. The molecule has 0 saturated heterocycles. The van der Waals surface area contributed by atoms with E-state index < -0.39 is 0 Å². The minimum atomic E-state index is 0.506. The third-order valence-corrected chi connectivity index (χ3v) is 5.02. The van der Waals surface area contributed by atoms with Crippen molar-refractivity contribution < 1.29 is 0 Å². The molecule has 1 saturated carbocycles. The van der Waals surface area contributed by atoms with Gasteiger partial charge in [-0.2, -0.15) is 0 Å². The summed E-state index contributed by atoms with van der Waals surface area (Å²) in [6, 6.07) is 0.671. The molecule has 1 N–H and O–H groups in total. The van der Waals surface area contributed by atoms with Crippen LogP contribution in [0.5, 0.6) is 0 Å². The summed E-state index contributed by atoms with van der Waals surface area (Å²) in [5.41, 5.74) is 0.506. The van der Waals surface area contributed by atoms with E-state index in [9.17, 15) is 0 Å². The van der Waals surface area contributed by atoms with Gasteiger partial charge in [-0.15, -0.1) is 0 Å². The standard InChI is InChI=1S/C19H40N2/c1-7-11-21(17(4)5)15-19(14-20-13-16(2)3)10-8-9-18(6)12-19/h16-18,20H,7-15H2,1-6H3. The molecule has 1 aliphatic carbocycles. The van der Waals surface area contributed by atoms with Gasteiger partial charge in [0, 0.05) is 19.1 Å². The first-order valence-electron chi connectivity index (χ1n) is 9.33. The summed E-state index contributed by atoms with van der Waals surface area (Å²) in [7, 11) is 0. The van der Waals surface area contributed by atoms with Crippen molar-refractivity contribution >= 4 is 0 Å². The molecule has 0 aromatic heterocycles. The molecule has 2 unspecified atom stereocenters. The van der Waals surface area contributed by atoms with Crippen LogP contribution in [0.15, 0.2) is 0 Å². The molecule has 0 radical (unpaired) electrons. The van der Waals surface area contributed by atoms with Crippen molar-refractivity contribution in [1.29, 1.82) is 0 Å². The van der Waals surface area contributed by atoms with Crippen LogP contribution in [-0.4, -0.2) is 37.1 Å². The highest BCUT2D eigenvalue weighted by Crippen LogP contribution is 2.40. The predicted molar refractivity (Wildman–Crippen MR) is 94.8 cm³/mol. The van der Waals surface area contributed by atoms with Gasteiger partial charge >= 0.3 is 0 Å². The highest BCUT2D eigenvalue weighted by atomic mass is 15.2. The number of nitrogens with zero attached hydrogens (tertiary/aromatic N) is 1. The fourth-order valence-corrected chi connectivity index (χ4v) is 3.99. The van der Waals surface area contributed by atoms with Crippen molar-refractivity contribution in [2.45, 2.75) is 79.7 Å². The van der Waals surface area contributed by atoms with Crippen LogP contribution in [0.25, 0.3) is 0 Å². The second kappa shape index (κ2) is 9.15. The van der Waals surface area contributed by atoms with Crippen LogP contribution in [0.3, 0.4) is 0 Å². The van der Waals surface area contributed by atoms with Gasteiger partial charge in [0.1, 0.15) is 0 Å². The SMILES string of the molecule is CCCN(CC1(CNCC(C)C)CCCC(C)C1)C(C)C. The smallest absolute Gasteiger partial charge is 0.00529 e. The van der Waals surface area contributed by atoms with Gasteiger partial charge < -0.3 is 10.2 Å². The maximum atomic E-state index is 3.78. The number of hydrogen-bond acceptors (Lipinski definition) is 2. The Balaban J connectivity index is 2.70. The van der Waals surface area contributed by atoms with Gasteiger partial charge in [-0.1, -0.05) is 40.5 Å². The van der Waals surface area contributed by atoms with E-state index in [1.165, 1.54) is 51.7 Å². The Hall–Kier alpha value is -0.0800. The summed E-state index contributed by atoms with van der Waals surface area (Å²) < 4.78 is 0. The molecule has 2 atom stereocenters. The number of nitrogens with one attached hydrogen (secondary N) is 1. The van der Waals surface area contributed by atoms with Crippen LogP contribution in [0.2, 0.25) is 0 Å². The first-order chi connectivity index (χ1) is 9.88. The van der Waals surface area contributed by atoms with E-state index in [1.807, 2.05) is 0 Å². The molecular weight excluding hydrogens is 256 g/mol. The minimum Gasteiger partial charge on any atom is -0.316 e. The molecule has 0 aromatic carbocycles. The average molecular weight is 297 g/mol. The van der Waals surface area contributed by atoms with Crippen molar-refractivity contribution in [1.82, 2.24) is 10.2 Å². The largest absolute Gasteiger partial charge is 0.316 e. The molecule has 0 spiro atoms. The van der Waals surface area contributed by atoms with Crippen LogP contribution < -0.4 is 5.32 Å². The van der Waals surface area contributed by atoms with Gasteiger partial charge in [-0.3, -0.25) is 0 Å². The monoisotopic (exact) mass is 296 g/mol. The topological polar surface area (TPSA) is 15.3 Å². The Labute approximate surface area is 134 Å². The molecule has 21 heavy (non-hydrogen) atoms. The van der Waals surface area contributed by atoms with Gasteiger partial charge in [-0.25, -0.2) is 0 Å². The third kappa shape index (κ3) is 6.69. The van der Waals surface area contributed by atoms with Crippen LogP contribution >= 0.6 is 0 Å². The Morgan fingerprint density at radius 3 is 2.48 bits per heavy atom. The normalized spacial score (nSPS) is 27.0. The van der Waals surface area contributed by atoms with E-state index in [0.717, 1.165) is 18.4 Å². The average Bonchev–Trinajstić information content (AvgIpc) is 2.37. The Morgan fingerprint density at radius 1 is 1.24 bits per heavy atom. The van der Waals surface area contributed by atoms with Crippen LogP contribution in [0, 0.1) is 17.3 Å². The summed E-state index contributed by atoms with van der Waals surface area (Å²) in [6.07, 6.45) is 6.94. The zero-order chi connectivity index (χ0) is 15.9. The molecule has 0 aliphatic heterocycles. The van der Waals surface area contributed by atoms with Crippen LogP contribution in [-0.2, 0) is 0 Å². The molecule has 2 nitrogen and oxygen atoms in total. The summed E-state index contributed by atoms with van der Waals surface area (Å²) in [5, 5.41) is 3.78. The predicted octanol–water partition coefficient (Wildman–Crippen LogP) is 4.55. The third-order valence-electron chi connectivity index (χ3n) is 5.02. The van der Waals surface area contributed by atoms with Gasteiger partial charge in [0.05, 0.1) is 0 Å². The second-order valence-electron chi connectivity index (χ2n) is 8.29. The lowest BCUT2D eigenvalue weighted by Crippen LogP contribution is -2.49.